The van der Waals surface area contributed by atoms with Gasteiger partial charge in [-0.3, -0.25) is 19.7 Å². The lowest BCUT2D eigenvalue weighted by Crippen LogP contribution is -2.18. The number of rotatable bonds is 5. The van der Waals surface area contributed by atoms with E-state index in [2.05, 4.69) is 9.97 Å². The molecule has 1 heterocycles. The highest BCUT2D eigenvalue weighted by Crippen LogP contribution is 2.29. The smallest absolute Gasteiger partial charge is 0.311 e. The molecule has 0 unspecified atom stereocenters. The number of nitro benzene ring substituents is 1. The van der Waals surface area contributed by atoms with Crippen LogP contribution in [0.5, 0.6) is 5.75 Å². The van der Waals surface area contributed by atoms with E-state index in [1.54, 1.807) is 54.6 Å². The average molecular weight is 413 g/mol. The number of nitrogens with zero attached hydrogens (tertiary/aromatic N) is 2. The minimum Gasteiger partial charge on any atom is -0.502 e. The Hall–Kier alpha value is -4.59. The molecule has 0 amide bonds. The molecular weight excluding hydrogens is 398 g/mol. The van der Waals surface area contributed by atoms with Crippen LogP contribution in [0, 0.1) is 10.1 Å². The first-order valence-corrected chi connectivity index (χ1v) is 9.22. The normalized spacial score (nSPS) is 11.4. The molecule has 0 bridgehead atoms. The summed E-state index contributed by atoms with van der Waals surface area (Å²) in [6.45, 7) is 0. The summed E-state index contributed by atoms with van der Waals surface area (Å²) in [7, 11) is 0. The number of hydrogen-bond donors (Lipinski definition) is 2. The summed E-state index contributed by atoms with van der Waals surface area (Å²) in [4.78, 5) is 43.6. The molecule has 0 spiro atoms. The molecule has 4 rings (SSSR count). The summed E-state index contributed by atoms with van der Waals surface area (Å²) in [5.74, 6) is -0.968. The molecule has 1 aromatic heterocycles. The summed E-state index contributed by atoms with van der Waals surface area (Å²) >= 11 is 0. The van der Waals surface area contributed by atoms with E-state index in [1.165, 1.54) is 12.1 Å². The minimum atomic E-state index is -0.730. The van der Waals surface area contributed by atoms with Gasteiger partial charge in [-0.05, 0) is 29.8 Å². The first-order chi connectivity index (χ1) is 14.9. The van der Waals surface area contributed by atoms with Crippen LogP contribution in [0.25, 0.3) is 22.7 Å². The van der Waals surface area contributed by atoms with Gasteiger partial charge in [0.05, 0.1) is 21.5 Å². The fourth-order valence-electron chi connectivity index (χ4n) is 3.14. The zero-order chi connectivity index (χ0) is 22.0. The number of phenols is 1. The Balaban J connectivity index is 1.95. The van der Waals surface area contributed by atoms with Gasteiger partial charge in [0.25, 0.3) is 5.56 Å². The Morgan fingerprint density at radius 2 is 1.74 bits per heavy atom. The van der Waals surface area contributed by atoms with E-state index in [0.29, 0.717) is 16.6 Å². The number of hydrogen-bond acceptors (Lipinski definition) is 6. The van der Waals surface area contributed by atoms with Gasteiger partial charge in [-0.15, -0.1) is 0 Å². The first kappa shape index (κ1) is 19.7. The number of allylic oxidation sites excluding steroid dienone is 1. The van der Waals surface area contributed by atoms with Crippen LogP contribution >= 0.6 is 0 Å². The molecule has 0 atom stereocenters. The van der Waals surface area contributed by atoms with Crippen LogP contribution in [0.2, 0.25) is 0 Å². The molecule has 4 aromatic rings. The largest absolute Gasteiger partial charge is 0.502 e. The zero-order valence-electron chi connectivity index (χ0n) is 16.0. The van der Waals surface area contributed by atoms with E-state index in [9.17, 15) is 24.8 Å². The van der Waals surface area contributed by atoms with Crippen LogP contribution < -0.4 is 5.56 Å². The highest BCUT2D eigenvalue weighted by atomic mass is 16.6. The standard InChI is InChI=1S/C23H15N3O5/c27-20-11-10-14(13-19(20)26(30)31)12-16(22(28)15-6-2-1-3-7-15)21-23(29)25-18-9-5-4-8-17(18)24-21/h1-13,27H,(H,25,29)/b16-12-. The molecule has 8 nitrogen and oxygen atoms in total. The summed E-state index contributed by atoms with van der Waals surface area (Å²) in [6.07, 6.45) is 1.36. The van der Waals surface area contributed by atoms with Gasteiger partial charge in [0.1, 0.15) is 5.69 Å². The SMILES string of the molecule is O=C(/C(=C\c1ccc(O)c([N+](=O)[O-])c1)c1nc2ccccc2[nH]c1=O)c1ccccc1. The fraction of sp³-hybridized carbons (Fsp3) is 0. The van der Waals surface area contributed by atoms with Gasteiger partial charge < -0.3 is 10.1 Å². The Bertz CT molecular complexity index is 1410. The van der Waals surface area contributed by atoms with Crippen molar-refractivity contribution in [2.24, 2.45) is 0 Å². The van der Waals surface area contributed by atoms with Crippen LogP contribution in [-0.2, 0) is 0 Å². The molecule has 0 fully saturated rings. The Morgan fingerprint density at radius 3 is 2.48 bits per heavy atom. The molecule has 0 saturated heterocycles. The number of H-pyrrole nitrogens is 1. The number of fused-ring (bicyclic) bond motifs is 1. The molecule has 0 saturated carbocycles. The van der Waals surface area contributed by atoms with E-state index in [-0.39, 0.29) is 16.8 Å². The third kappa shape index (κ3) is 3.95. The van der Waals surface area contributed by atoms with Crippen molar-refractivity contribution in [2.45, 2.75) is 0 Å². The number of para-hydroxylation sites is 2. The van der Waals surface area contributed by atoms with E-state index in [4.69, 9.17) is 0 Å². The highest BCUT2D eigenvalue weighted by molar-refractivity contribution is 6.32. The second kappa shape index (κ2) is 8.03. The minimum absolute atomic E-state index is 0.0295. The molecule has 8 heteroatoms. The molecule has 152 valence electrons. The molecule has 3 aromatic carbocycles. The first-order valence-electron chi connectivity index (χ1n) is 9.22. The monoisotopic (exact) mass is 413 g/mol. The summed E-state index contributed by atoms with van der Waals surface area (Å²) < 4.78 is 0. The number of Topliss-reactive ketones (excluding diaryl/α,β-unsaturated/α-hetero) is 1. The van der Waals surface area contributed by atoms with Gasteiger partial charge in [0.15, 0.2) is 11.5 Å². The predicted molar refractivity (Wildman–Crippen MR) is 116 cm³/mol. The molecule has 0 aliphatic heterocycles. The van der Waals surface area contributed by atoms with Gasteiger partial charge >= 0.3 is 5.69 Å². The van der Waals surface area contributed by atoms with Crippen molar-refractivity contribution in [1.82, 2.24) is 9.97 Å². The van der Waals surface area contributed by atoms with Crippen molar-refractivity contribution < 1.29 is 14.8 Å². The second-order valence-corrected chi connectivity index (χ2v) is 6.69. The number of carbonyl (C=O) groups excluding carboxylic acids is 1. The maximum absolute atomic E-state index is 13.3. The van der Waals surface area contributed by atoms with Crippen LogP contribution in [-0.4, -0.2) is 25.8 Å². The van der Waals surface area contributed by atoms with Crippen molar-refractivity contribution in [3.05, 3.63) is 110 Å². The van der Waals surface area contributed by atoms with Gasteiger partial charge in [0.2, 0.25) is 0 Å². The van der Waals surface area contributed by atoms with E-state index >= 15 is 0 Å². The molecule has 0 aliphatic rings. The summed E-state index contributed by atoms with van der Waals surface area (Å²) in [5.41, 5.74) is 0.378. The number of aromatic nitrogens is 2. The number of ketones is 1. The number of aromatic hydroxyl groups is 1. The Kier molecular flexibility index (Phi) is 5.11. The van der Waals surface area contributed by atoms with Crippen molar-refractivity contribution in [3.8, 4) is 5.75 Å². The summed E-state index contributed by atoms with van der Waals surface area (Å²) in [5, 5.41) is 20.9. The Morgan fingerprint density at radius 1 is 1.03 bits per heavy atom. The number of nitrogens with one attached hydrogen (secondary N) is 1. The number of carbonyl (C=O) groups is 1. The molecule has 2 N–H and O–H groups in total. The van der Waals surface area contributed by atoms with Crippen molar-refractivity contribution >= 4 is 34.2 Å². The molecule has 0 aliphatic carbocycles. The topological polar surface area (TPSA) is 126 Å². The number of benzene rings is 3. The van der Waals surface area contributed by atoms with E-state index < -0.39 is 27.7 Å². The van der Waals surface area contributed by atoms with E-state index in [1.807, 2.05) is 0 Å². The third-order valence-electron chi connectivity index (χ3n) is 4.64. The molecular formula is C23H15N3O5. The second-order valence-electron chi connectivity index (χ2n) is 6.69. The lowest BCUT2D eigenvalue weighted by molar-refractivity contribution is -0.385. The fourth-order valence-corrected chi connectivity index (χ4v) is 3.14. The average Bonchev–Trinajstić information content (AvgIpc) is 2.78. The number of aromatic amines is 1. The Labute approximate surface area is 175 Å². The van der Waals surface area contributed by atoms with Crippen molar-refractivity contribution in [2.75, 3.05) is 0 Å². The maximum atomic E-state index is 13.3. The van der Waals surface area contributed by atoms with Gasteiger partial charge in [-0.25, -0.2) is 4.98 Å². The van der Waals surface area contributed by atoms with Gasteiger partial charge in [-0.1, -0.05) is 48.5 Å². The van der Waals surface area contributed by atoms with Crippen LogP contribution in [0.1, 0.15) is 21.6 Å². The third-order valence-corrected chi connectivity index (χ3v) is 4.64. The van der Waals surface area contributed by atoms with Crippen molar-refractivity contribution in [3.63, 3.8) is 0 Å². The van der Waals surface area contributed by atoms with E-state index in [0.717, 1.165) is 12.1 Å². The van der Waals surface area contributed by atoms with Gasteiger partial charge in [0, 0.05) is 11.6 Å². The van der Waals surface area contributed by atoms with Crippen LogP contribution in [0.15, 0.2) is 77.6 Å². The summed E-state index contributed by atoms with van der Waals surface area (Å²) in [6, 6.07) is 18.9. The molecule has 0 radical (unpaired) electrons. The lowest BCUT2D eigenvalue weighted by Gasteiger charge is -2.08. The lowest BCUT2D eigenvalue weighted by atomic mass is 9.98. The van der Waals surface area contributed by atoms with Crippen LogP contribution in [0.4, 0.5) is 5.69 Å². The molecule has 31 heavy (non-hydrogen) atoms. The zero-order valence-corrected chi connectivity index (χ0v) is 16.0. The van der Waals surface area contributed by atoms with Crippen LogP contribution in [0.3, 0.4) is 0 Å². The maximum Gasteiger partial charge on any atom is 0.311 e. The van der Waals surface area contributed by atoms with Crippen molar-refractivity contribution in [1.29, 1.82) is 0 Å². The van der Waals surface area contributed by atoms with Gasteiger partial charge in [-0.2, -0.15) is 0 Å². The number of nitro groups is 1. The highest BCUT2D eigenvalue weighted by Gasteiger charge is 2.21. The predicted octanol–water partition coefficient (Wildman–Crippen LogP) is 3.96. The number of phenolic OH excluding ortho intramolecular Hbond substituents is 1. The quantitative estimate of drug-likeness (QED) is 0.221.